The SMILES string of the molecule is CCC(O[N+](=O)[O-])C12CC(C)CC(C)(CC(C)(CCN)C1)C2. The van der Waals surface area contributed by atoms with Crippen LogP contribution in [-0.4, -0.2) is 17.7 Å². The van der Waals surface area contributed by atoms with Crippen LogP contribution in [0, 0.1) is 32.3 Å². The van der Waals surface area contributed by atoms with Crippen LogP contribution in [0.1, 0.15) is 72.6 Å². The van der Waals surface area contributed by atoms with Gasteiger partial charge in [0.15, 0.2) is 0 Å². The average Bonchev–Trinajstić information content (AvgIpc) is 2.31. The molecule has 2 saturated carbocycles. The van der Waals surface area contributed by atoms with Crippen molar-refractivity contribution in [3.8, 4) is 0 Å². The highest BCUT2D eigenvalue weighted by molar-refractivity contribution is 5.07. The minimum absolute atomic E-state index is 0.0730. The lowest BCUT2D eigenvalue weighted by Gasteiger charge is -2.61. The Hall–Kier alpha value is -0.840. The molecule has 0 radical (unpaired) electrons. The van der Waals surface area contributed by atoms with Gasteiger partial charge >= 0.3 is 0 Å². The van der Waals surface area contributed by atoms with Crippen LogP contribution >= 0.6 is 0 Å². The summed E-state index contributed by atoms with van der Waals surface area (Å²) in [6.45, 7) is 9.67. The van der Waals surface area contributed by atoms with E-state index in [0.717, 1.165) is 25.7 Å². The van der Waals surface area contributed by atoms with E-state index < -0.39 is 5.09 Å². The predicted molar refractivity (Wildman–Crippen MR) is 86.7 cm³/mol. The maximum absolute atomic E-state index is 11.0. The summed E-state index contributed by atoms with van der Waals surface area (Å²) in [5.74, 6) is 0.602. The van der Waals surface area contributed by atoms with Gasteiger partial charge in [0.25, 0.3) is 5.09 Å². The fraction of sp³-hybridized carbons (Fsp3) is 1.00. The lowest BCUT2D eigenvalue weighted by atomic mass is 9.45. The predicted octanol–water partition coefficient (Wildman–Crippen LogP) is 3.93. The average molecular weight is 312 g/mol. The van der Waals surface area contributed by atoms with Crippen LogP contribution in [0.2, 0.25) is 0 Å². The van der Waals surface area contributed by atoms with E-state index in [4.69, 9.17) is 10.6 Å². The van der Waals surface area contributed by atoms with Gasteiger partial charge in [0, 0.05) is 0 Å². The number of hydrogen-bond acceptors (Lipinski definition) is 4. The maximum Gasteiger partial charge on any atom is 0.294 e. The van der Waals surface area contributed by atoms with Crippen molar-refractivity contribution in [2.45, 2.75) is 78.7 Å². The zero-order valence-electron chi connectivity index (χ0n) is 14.6. The molecular weight excluding hydrogens is 280 g/mol. The molecule has 2 rings (SSSR count). The fourth-order valence-electron chi connectivity index (χ4n) is 6.42. The molecule has 0 heterocycles. The van der Waals surface area contributed by atoms with Crippen molar-refractivity contribution in [2.24, 2.45) is 27.9 Å². The van der Waals surface area contributed by atoms with Gasteiger partial charge in [0.05, 0.1) is 0 Å². The first kappa shape index (κ1) is 17.5. The Morgan fingerprint density at radius 1 is 1.32 bits per heavy atom. The zero-order chi connectivity index (χ0) is 16.6. The summed E-state index contributed by atoms with van der Waals surface area (Å²) in [4.78, 5) is 16.2. The second kappa shape index (κ2) is 5.99. The molecule has 128 valence electrons. The molecule has 5 atom stereocenters. The van der Waals surface area contributed by atoms with E-state index in [-0.39, 0.29) is 22.3 Å². The molecule has 0 saturated heterocycles. The molecule has 2 N–H and O–H groups in total. The van der Waals surface area contributed by atoms with E-state index in [0.29, 0.717) is 18.9 Å². The first-order valence-electron chi connectivity index (χ1n) is 8.67. The quantitative estimate of drug-likeness (QED) is 0.595. The summed E-state index contributed by atoms with van der Waals surface area (Å²) in [5.41, 5.74) is 6.22. The van der Waals surface area contributed by atoms with Crippen molar-refractivity contribution in [1.82, 2.24) is 0 Å². The Balaban J connectivity index is 2.37. The minimum Gasteiger partial charge on any atom is -0.330 e. The van der Waals surface area contributed by atoms with E-state index in [1.54, 1.807) is 0 Å². The van der Waals surface area contributed by atoms with Gasteiger partial charge in [-0.25, -0.2) is 0 Å². The molecule has 0 aliphatic heterocycles. The summed E-state index contributed by atoms with van der Waals surface area (Å²) in [6, 6.07) is 0. The van der Waals surface area contributed by atoms with Gasteiger partial charge in [-0.3, -0.25) is 0 Å². The molecule has 5 heteroatoms. The second-order valence-corrected chi connectivity index (χ2v) is 8.79. The van der Waals surface area contributed by atoms with Crippen LogP contribution in [0.15, 0.2) is 0 Å². The third-order valence-electron chi connectivity index (χ3n) is 6.02. The zero-order valence-corrected chi connectivity index (χ0v) is 14.6. The Labute approximate surface area is 134 Å². The molecule has 0 aromatic heterocycles. The van der Waals surface area contributed by atoms with Gasteiger partial charge in [-0.05, 0) is 73.7 Å². The summed E-state index contributed by atoms with van der Waals surface area (Å²) in [5, 5.41) is 10.4. The van der Waals surface area contributed by atoms with Crippen LogP contribution in [0.4, 0.5) is 0 Å². The Morgan fingerprint density at radius 3 is 2.55 bits per heavy atom. The van der Waals surface area contributed by atoms with E-state index in [2.05, 4.69) is 20.8 Å². The van der Waals surface area contributed by atoms with E-state index >= 15 is 0 Å². The summed E-state index contributed by atoms with van der Waals surface area (Å²) in [6.07, 6.45) is 6.88. The van der Waals surface area contributed by atoms with Crippen LogP contribution < -0.4 is 5.73 Å². The van der Waals surface area contributed by atoms with Crippen molar-refractivity contribution in [1.29, 1.82) is 0 Å². The third-order valence-corrected chi connectivity index (χ3v) is 6.02. The monoisotopic (exact) mass is 312 g/mol. The molecule has 2 aliphatic carbocycles. The van der Waals surface area contributed by atoms with Gasteiger partial charge in [-0.2, -0.15) is 0 Å². The lowest BCUT2D eigenvalue weighted by molar-refractivity contribution is -0.773. The lowest BCUT2D eigenvalue weighted by Crippen LogP contribution is -2.54. The first-order valence-corrected chi connectivity index (χ1v) is 8.67. The van der Waals surface area contributed by atoms with Gasteiger partial charge in [0.2, 0.25) is 0 Å². The molecule has 2 bridgehead atoms. The Bertz CT molecular complexity index is 428. The van der Waals surface area contributed by atoms with Gasteiger partial charge in [-0.15, -0.1) is 10.1 Å². The molecule has 0 amide bonds. The molecule has 0 spiro atoms. The number of nitrogens with zero attached hydrogens (tertiary/aromatic N) is 1. The number of fused-ring (bicyclic) bond motifs is 2. The highest BCUT2D eigenvalue weighted by Crippen LogP contribution is 2.65. The van der Waals surface area contributed by atoms with Crippen LogP contribution in [0.5, 0.6) is 0 Å². The van der Waals surface area contributed by atoms with Crippen LogP contribution in [0.25, 0.3) is 0 Å². The summed E-state index contributed by atoms with van der Waals surface area (Å²) >= 11 is 0. The number of hydrogen-bond donors (Lipinski definition) is 1. The highest BCUT2D eigenvalue weighted by atomic mass is 17.0. The first-order chi connectivity index (χ1) is 10.2. The summed E-state index contributed by atoms with van der Waals surface area (Å²) in [7, 11) is 0. The molecule has 5 unspecified atom stereocenters. The summed E-state index contributed by atoms with van der Waals surface area (Å²) < 4.78 is 0. The molecule has 5 nitrogen and oxygen atoms in total. The van der Waals surface area contributed by atoms with Crippen molar-refractivity contribution in [3.63, 3.8) is 0 Å². The molecule has 2 aliphatic rings. The van der Waals surface area contributed by atoms with Crippen molar-refractivity contribution < 1.29 is 9.92 Å². The van der Waals surface area contributed by atoms with E-state index in [1.165, 1.54) is 12.8 Å². The van der Waals surface area contributed by atoms with Gasteiger partial charge < -0.3 is 10.6 Å². The molecule has 0 aromatic rings. The van der Waals surface area contributed by atoms with E-state index in [9.17, 15) is 10.1 Å². The third kappa shape index (κ3) is 3.39. The topological polar surface area (TPSA) is 78.4 Å². The standard InChI is InChI=1S/C17H32N2O3/c1-5-14(22-19(20)21)17-9-13(2)8-16(4,12-17)10-15(3,11-17)6-7-18/h13-14H,5-12,18H2,1-4H3. The Kier molecular flexibility index (Phi) is 4.77. The minimum atomic E-state index is -0.589. The van der Waals surface area contributed by atoms with Crippen molar-refractivity contribution >= 4 is 0 Å². The van der Waals surface area contributed by atoms with Crippen LogP contribution in [-0.2, 0) is 4.84 Å². The molecule has 22 heavy (non-hydrogen) atoms. The smallest absolute Gasteiger partial charge is 0.294 e. The second-order valence-electron chi connectivity index (χ2n) is 8.79. The van der Waals surface area contributed by atoms with Crippen LogP contribution in [0.3, 0.4) is 0 Å². The number of nitrogens with two attached hydrogens (primary N) is 1. The Morgan fingerprint density at radius 2 is 2.00 bits per heavy atom. The van der Waals surface area contributed by atoms with Crippen molar-refractivity contribution in [2.75, 3.05) is 6.54 Å². The number of rotatable bonds is 6. The molecular formula is C17H32N2O3. The molecule has 2 fully saturated rings. The van der Waals surface area contributed by atoms with Gasteiger partial charge in [0.1, 0.15) is 6.10 Å². The van der Waals surface area contributed by atoms with E-state index in [1.807, 2.05) is 6.92 Å². The fourth-order valence-corrected chi connectivity index (χ4v) is 6.42. The highest BCUT2D eigenvalue weighted by Gasteiger charge is 2.57. The normalized spacial score (nSPS) is 42.7. The largest absolute Gasteiger partial charge is 0.330 e. The van der Waals surface area contributed by atoms with Crippen molar-refractivity contribution in [3.05, 3.63) is 10.1 Å². The molecule has 0 aromatic carbocycles. The maximum atomic E-state index is 11.0. The van der Waals surface area contributed by atoms with Gasteiger partial charge in [-0.1, -0.05) is 27.7 Å².